The molecule has 0 radical (unpaired) electrons. The smallest absolute Gasteiger partial charge is 0.407 e. The van der Waals surface area contributed by atoms with E-state index in [-0.39, 0.29) is 18.6 Å². The zero-order chi connectivity index (χ0) is 11.5. The fourth-order valence-corrected chi connectivity index (χ4v) is 1.87. The molecule has 3 nitrogen and oxygen atoms in total. The Morgan fingerprint density at radius 2 is 2.13 bits per heavy atom. The Bertz CT molecular complexity index is 225. The van der Waals surface area contributed by atoms with Crippen molar-refractivity contribution in [3.63, 3.8) is 0 Å². The van der Waals surface area contributed by atoms with Gasteiger partial charge in [-0.15, -0.1) is 0 Å². The summed E-state index contributed by atoms with van der Waals surface area (Å²) in [7, 11) is 0. The van der Waals surface area contributed by atoms with Gasteiger partial charge in [0, 0.05) is 12.0 Å². The molecule has 1 N–H and O–H groups in total. The third-order valence-corrected chi connectivity index (χ3v) is 2.56. The van der Waals surface area contributed by atoms with E-state index in [2.05, 4.69) is 5.32 Å². The maximum atomic E-state index is 12.5. The van der Waals surface area contributed by atoms with E-state index < -0.39 is 11.7 Å². The van der Waals surface area contributed by atoms with Crippen LogP contribution in [-0.2, 0) is 4.74 Å². The Kier molecular flexibility index (Phi) is 3.94. The Morgan fingerprint density at radius 3 is 2.67 bits per heavy atom. The van der Waals surface area contributed by atoms with Crippen LogP contribution in [0.5, 0.6) is 0 Å². The minimum absolute atomic E-state index is 0.0301. The van der Waals surface area contributed by atoms with Crippen LogP contribution in [0.1, 0.15) is 40.0 Å². The highest BCUT2D eigenvalue weighted by atomic mass is 19.1. The number of carbonyl (C=O) groups excluding carboxylic acids is 1. The molecule has 1 fully saturated rings. The van der Waals surface area contributed by atoms with Gasteiger partial charge in [-0.3, -0.25) is 4.39 Å². The number of carbonyl (C=O) groups is 1. The second-order valence-electron chi connectivity index (χ2n) is 5.10. The number of ether oxygens (including phenoxy) is 1. The van der Waals surface area contributed by atoms with Gasteiger partial charge in [0.15, 0.2) is 0 Å². The number of hydrogen-bond acceptors (Lipinski definition) is 2. The number of alkyl carbamates (subject to hydrolysis) is 1. The van der Waals surface area contributed by atoms with Gasteiger partial charge < -0.3 is 10.1 Å². The molecule has 0 heterocycles. The van der Waals surface area contributed by atoms with E-state index in [0.717, 1.165) is 19.3 Å². The van der Waals surface area contributed by atoms with Crippen LogP contribution in [-0.4, -0.2) is 24.4 Å². The highest BCUT2D eigenvalue weighted by Crippen LogP contribution is 2.26. The van der Waals surface area contributed by atoms with Crippen molar-refractivity contribution < 1.29 is 13.9 Å². The van der Waals surface area contributed by atoms with E-state index >= 15 is 0 Å². The molecule has 15 heavy (non-hydrogen) atoms. The predicted molar refractivity (Wildman–Crippen MR) is 56.5 cm³/mol. The monoisotopic (exact) mass is 217 g/mol. The van der Waals surface area contributed by atoms with Crippen LogP contribution in [0, 0.1) is 5.92 Å². The molecule has 1 amide bonds. The molecule has 0 unspecified atom stereocenters. The number of alkyl halides is 1. The van der Waals surface area contributed by atoms with Gasteiger partial charge >= 0.3 is 6.09 Å². The van der Waals surface area contributed by atoms with E-state index in [1.54, 1.807) is 0 Å². The van der Waals surface area contributed by atoms with Gasteiger partial charge in [-0.05, 0) is 33.6 Å². The minimum Gasteiger partial charge on any atom is -0.444 e. The van der Waals surface area contributed by atoms with E-state index in [1.807, 2.05) is 20.8 Å². The second kappa shape index (κ2) is 4.81. The Balaban J connectivity index is 2.37. The maximum absolute atomic E-state index is 12.5. The molecular weight excluding hydrogens is 197 g/mol. The SMILES string of the molecule is CC(C)(C)OC(=O)N[C@H]1CCC[C@H]1CF. The van der Waals surface area contributed by atoms with E-state index in [9.17, 15) is 9.18 Å². The maximum Gasteiger partial charge on any atom is 0.407 e. The topological polar surface area (TPSA) is 38.3 Å². The van der Waals surface area contributed by atoms with Crippen molar-refractivity contribution in [2.24, 2.45) is 5.92 Å². The molecular formula is C11H20FNO2. The Morgan fingerprint density at radius 1 is 1.47 bits per heavy atom. The van der Waals surface area contributed by atoms with Crippen LogP contribution in [0.3, 0.4) is 0 Å². The summed E-state index contributed by atoms with van der Waals surface area (Å²) in [5.74, 6) is -0.0301. The second-order valence-corrected chi connectivity index (χ2v) is 5.10. The third kappa shape index (κ3) is 4.06. The zero-order valence-electron chi connectivity index (χ0n) is 9.68. The molecule has 0 bridgehead atoms. The highest BCUT2D eigenvalue weighted by molar-refractivity contribution is 5.68. The minimum atomic E-state index is -0.492. The summed E-state index contributed by atoms with van der Waals surface area (Å²) in [6, 6.07) is -0.0511. The molecule has 0 aromatic heterocycles. The lowest BCUT2D eigenvalue weighted by molar-refractivity contribution is 0.0489. The first-order valence-electron chi connectivity index (χ1n) is 5.48. The largest absolute Gasteiger partial charge is 0.444 e. The fraction of sp³-hybridized carbons (Fsp3) is 0.909. The van der Waals surface area contributed by atoms with Crippen molar-refractivity contribution in [1.29, 1.82) is 0 Å². The quantitative estimate of drug-likeness (QED) is 0.772. The molecule has 1 aliphatic carbocycles. The van der Waals surface area contributed by atoms with Crippen molar-refractivity contribution in [2.75, 3.05) is 6.67 Å². The molecule has 1 rings (SSSR count). The molecule has 1 aliphatic rings. The lowest BCUT2D eigenvalue weighted by Crippen LogP contribution is -2.41. The summed E-state index contributed by atoms with van der Waals surface area (Å²) >= 11 is 0. The van der Waals surface area contributed by atoms with Gasteiger partial charge in [0.05, 0.1) is 6.67 Å². The summed E-state index contributed by atoms with van der Waals surface area (Å²) in [5.41, 5.74) is -0.492. The van der Waals surface area contributed by atoms with Gasteiger partial charge in [-0.1, -0.05) is 6.42 Å². The average Bonchev–Trinajstić information content (AvgIpc) is 2.48. The van der Waals surface area contributed by atoms with Crippen LogP contribution in [0.2, 0.25) is 0 Å². The summed E-state index contributed by atoms with van der Waals surface area (Å²) in [5, 5.41) is 2.74. The average molecular weight is 217 g/mol. The third-order valence-electron chi connectivity index (χ3n) is 2.56. The first kappa shape index (κ1) is 12.3. The van der Waals surface area contributed by atoms with Crippen molar-refractivity contribution in [2.45, 2.75) is 51.7 Å². The van der Waals surface area contributed by atoms with Gasteiger partial charge in [-0.2, -0.15) is 0 Å². The van der Waals surface area contributed by atoms with E-state index in [1.165, 1.54) is 0 Å². The number of halogens is 1. The van der Waals surface area contributed by atoms with Crippen LogP contribution < -0.4 is 5.32 Å². The molecule has 0 aromatic carbocycles. The number of rotatable bonds is 2. The summed E-state index contributed by atoms with van der Waals surface area (Å²) < 4.78 is 17.7. The van der Waals surface area contributed by atoms with Gasteiger partial charge in [-0.25, -0.2) is 4.79 Å². The van der Waals surface area contributed by atoms with Crippen molar-refractivity contribution in [3.8, 4) is 0 Å². The Hall–Kier alpha value is -0.800. The summed E-state index contributed by atoms with van der Waals surface area (Å²) in [6.07, 6.45) is 2.26. The fourth-order valence-electron chi connectivity index (χ4n) is 1.87. The zero-order valence-corrected chi connectivity index (χ0v) is 9.68. The standard InChI is InChI=1S/C11H20FNO2/c1-11(2,3)15-10(14)13-9-6-4-5-8(9)7-12/h8-9H,4-7H2,1-3H3,(H,13,14)/t8-,9-/m0/s1. The van der Waals surface area contributed by atoms with Crippen LogP contribution in [0.25, 0.3) is 0 Å². The molecule has 2 atom stereocenters. The first-order valence-corrected chi connectivity index (χ1v) is 5.48. The van der Waals surface area contributed by atoms with Gasteiger partial charge in [0.1, 0.15) is 5.60 Å². The molecule has 4 heteroatoms. The lowest BCUT2D eigenvalue weighted by Gasteiger charge is -2.23. The summed E-state index contributed by atoms with van der Waals surface area (Å²) in [4.78, 5) is 11.4. The first-order chi connectivity index (χ1) is 6.92. The molecule has 1 saturated carbocycles. The predicted octanol–water partition coefficient (Wildman–Crippen LogP) is 2.65. The highest BCUT2D eigenvalue weighted by Gasteiger charge is 2.29. The normalized spacial score (nSPS) is 26.4. The van der Waals surface area contributed by atoms with Gasteiger partial charge in [0.25, 0.3) is 0 Å². The molecule has 0 saturated heterocycles. The van der Waals surface area contributed by atoms with E-state index in [4.69, 9.17) is 4.74 Å². The molecule has 0 aromatic rings. The number of hydrogen-bond donors (Lipinski definition) is 1. The lowest BCUT2D eigenvalue weighted by atomic mass is 10.1. The van der Waals surface area contributed by atoms with Crippen LogP contribution >= 0.6 is 0 Å². The summed E-state index contributed by atoms with van der Waals surface area (Å²) in [6.45, 7) is 5.08. The van der Waals surface area contributed by atoms with Crippen molar-refractivity contribution in [1.82, 2.24) is 5.32 Å². The van der Waals surface area contributed by atoms with Crippen molar-refractivity contribution in [3.05, 3.63) is 0 Å². The Labute approximate surface area is 90.4 Å². The van der Waals surface area contributed by atoms with Gasteiger partial charge in [0.2, 0.25) is 0 Å². The number of amides is 1. The molecule has 0 aliphatic heterocycles. The molecule has 88 valence electrons. The van der Waals surface area contributed by atoms with Crippen molar-refractivity contribution >= 4 is 6.09 Å². The molecule has 0 spiro atoms. The van der Waals surface area contributed by atoms with Crippen LogP contribution in [0.4, 0.5) is 9.18 Å². The van der Waals surface area contributed by atoms with E-state index in [0.29, 0.717) is 0 Å². The number of nitrogens with one attached hydrogen (secondary N) is 1. The van der Waals surface area contributed by atoms with Crippen LogP contribution in [0.15, 0.2) is 0 Å².